The number of benzene rings is 1. The Bertz CT molecular complexity index is 868. The number of unbranched alkanes of at least 4 members (excludes halogenated alkanes) is 1. The Hall–Kier alpha value is -0.830. The minimum atomic E-state index is -7.08. The molecule has 1 aromatic carbocycles. The van der Waals surface area contributed by atoms with Gasteiger partial charge in [0.1, 0.15) is 15.4 Å². The van der Waals surface area contributed by atoms with Crippen LogP contribution in [0.25, 0.3) is 0 Å². The number of carbonyl (C=O) groups excluding carboxylic acids is 1. The van der Waals surface area contributed by atoms with Crippen LogP contribution >= 0.6 is 0 Å². The molecule has 172 valence electrons. The second-order valence-corrected chi connectivity index (χ2v) is 7.84. The van der Waals surface area contributed by atoms with Crippen molar-refractivity contribution in [2.45, 2.75) is 55.4 Å². The molecule has 0 bridgehead atoms. The van der Waals surface area contributed by atoms with Gasteiger partial charge in [0.05, 0.1) is 0 Å². The second kappa shape index (κ2) is 9.98. The molecular weight excluding hydrogens is 482 g/mol. The Kier molecular flexibility index (Phi) is 9.71. The van der Waals surface area contributed by atoms with Gasteiger partial charge in [-0.2, -0.15) is 39.5 Å². The van der Waals surface area contributed by atoms with Gasteiger partial charge in [-0.05, 0) is 6.42 Å². The Morgan fingerprint density at radius 1 is 0.935 bits per heavy atom. The molecule has 0 saturated carbocycles. The van der Waals surface area contributed by atoms with E-state index >= 15 is 0 Å². The Morgan fingerprint density at radius 3 is 1.74 bits per heavy atom. The molecule has 0 radical (unpaired) electrons. The largest absolute Gasteiger partial charge is 1.00 e. The predicted octanol–water partition coefficient (Wildman–Crippen LogP) is 1.90. The zero-order valence-electron chi connectivity index (χ0n) is 16.0. The molecule has 0 aliphatic carbocycles. The van der Waals surface area contributed by atoms with Gasteiger partial charge in [0, 0.05) is 11.1 Å². The SMILES string of the molecule is CCCC[C@@H](C(=O)c1ccc(C(F)(F)C(F)(F)C(F)(F)C(F)(F)F)cc1)S(=O)(=O)[O-].[Na+]. The van der Waals surface area contributed by atoms with Crippen molar-refractivity contribution in [2.24, 2.45) is 0 Å². The zero-order chi connectivity index (χ0) is 23.8. The van der Waals surface area contributed by atoms with E-state index in [1.807, 2.05) is 0 Å². The average Bonchev–Trinajstić information content (AvgIpc) is 2.59. The fourth-order valence-corrected chi connectivity index (χ4v) is 3.24. The van der Waals surface area contributed by atoms with Crippen LogP contribution in [0.5, 0.6) is 0 Å². The maximum atomic E-state index is 13.8. The van der Waals surface area contributed by atoms with Crippen LogP contribution in [0.2, 0.25) is 0 Å². The molecule has 0 N–H and O–H groups in total. The fraction of sp³-hybridized carbons (Fsp3) is 0.562. The van der Waals surface area contributed by atoms with Crippen molar-refractivity contribution in [3.8, 4) is 0 Å². The van der Waals surface area contributed by atoms with Crippen LogP contribution < -0.4 is 29.6 Å². The molecule has 0 fully saturated rings. The number of Topliss-reactive ketones (excluding diaryl/α,β-unsaturated/α-hetero) is 1. The van der Waals surface area contributed by atoms with Crippen molar-refractivity contribution in [3.05, 3.63) is 35.4 Å². The first kappa shape index (κ1) is 30.2. The van der Waals surface area contributed by atoms with Crippen molar-refractivity contribution >= 4 is 15.9 Å². The maximum absolute atomic E-state index is 13.8. The number of carbonyl (C=O) groups is 1. The average molecular weight is 496 g/mol. The minimum Gasteiger partial charge on any atom is -0.747 e. The summed E-state index contributed by atoms with van der Waals surface area (Å²) >= 11 is 0. The standard InChI is InChI=1S/C16H15F9O4S.Na/c1-2-3-4-11(30(27,28)29)12(26)9-5-7-10(8-6-9)13(17,18)14(19,20)15(21,22)16(23,24)25;/h5-8,11H,2-4H2,1H3,(H,27,28,29);/q;+1/p-1/t11-;/m0./s1. The van der Waals surface area contributed by atoms with Crippen LogP contribution in [-0.4, -0.2) is 42.0 Å². The van der Waals surface area contributed by atoms with Crippen LogP contribution in [0.4, 0.5) is 39.5 Å². The molecule has 0 unspecified atom stereocenters. The molecule has 0 aromatic heterocycles. The molecule has 0 aliphatic rings. The summed E-state index contributed by atoms with van der Waals surface area (Å²) in [5.74, 6) is -21.3. The molecule has 4 nitrogen and oxygen atoms in total. The fourth-order valence-electron chi connectivity index (χ4n) is 2.38. The quantitative estimate of drug-likeness (QED) is 0.227. The second-order valence-electron chi connectivity index (χ2n) is 6.29. The van der Waals surface area contributed by atoms with Crippen LogP contribution in [0.1, 0.15) is 42.1 Å². The van der Waals surface area contributed by atoms with E-state index in [1.54, 1.807) is 6.92 Å². The van der Waals surface area contributed by atoms with Gasteiger partial charge in [-0.3, -0.25) is 4.79 Å². The van der Waals surface area contributed by atoms with Gasteiger partial charge in [0.25, 0.3) is 0 Å². The smallest absolute Gasteiger partial charge is 0.747 e. The molecule has 0 aliphatic heterocycles. The molecule has 0 spiro atoms. The van der Waals surface area contributed by atoms with E-state index in [0.29, 0.717) is 18.6 Å². The number of hydrogen-bond donors (Lipinski definition) is 0. The van der Waals surface area contributed by atoms with Crippen molar-refractivity contribution in [2.75, 3.05) is 0 Å². The number of ketones is 1. The Morgan fingerprint density at radius 2 is 1.39 bits per heavy atom. The van der Waals surface area contributed by atoms with Crippen LogP contribution in [-0.2, 0) is 16.0 Å². The van der Waals surface area contributed by atoms with Crippen molar-refractivity contribution < 1.29 is 86.8 Å². The van der Waals surface area contributed by atoms with Crippen LogP contribution in [0, 0.1) is 0 Å². The van der Waals surface area contributed by atoms with Crippen LogP contribution in [0.15, 0.2) is 24.3 Å². The maximum Gasteiger partial charge on any atom is 1.00 e. The third-order valence-corrected chi connectivity index (χ3v) is 5.28. The first-order valence-corrected chi connectivity index (χ1v) is 9.59. The minimum absolute atomic E-state index is 0. The predicted molar refractivity (Wildman–Crippen MR) is 83.6 cm³/mol. The van der Waals surface area contributed by atoms with Gasteiger partial charge in [-0.15, -0.1) is 0 Å². The van der Waals surface area contributed by atoms with Crippen molar-refractivity contribution in [3.63, 3.8) is 0 Å². The third kappa shape index (κ3) is 5.95. The van der Waals surface area contributed by atoms with Gasteiger partial charge in [-0.1, -0.05) is 44.0 Å². The van der Waals surface area contributed by atoms with Gasteiger partial charge >= 0.3 is 53.5 Å². The van der Waals surface area contributed by atoms with Gasteiger partial charge < -0.3 is 4.55 Å². The van der Waals surface area contributed by atoms with E-state index in [-0.39, 0.29) is 48.1 Å². The topological polar surface area (TPSA) is 74.3 Å². The first-order chi connectivity index (χ1) is 13.3. The number of alkyl halides is 9. The summed E-state index contributed by atoms with van der Waals surface area (Å²) in [6, 6.07) is 0.610. The van der Waals surface area contributed by atoms with Crippen molar-refractivity contribution in [1.82, 2.24) is 0 Å². The molecule has 0 amide bonds. The van der Waals surface area contributed by atoms with Gasteiger partial charge in [-0.25, -0.2) is 8.42 Å². The zero-order valence-corrected chi connectivity index (χ0v) is 18.8. The summed E-state index contributed by atoms with van der Waals surface area (Å²) in [6.07, 6.45) is -6.90. The molecule has 31 heavy (non-hydrogen) atoms. The van der Waals surface area contributed by atoms with Gasteiger partial charge in [0.2, 0.25) is 0 Å². The molecular formula is C16H14F9NaO4S. The molecule has 1 atom stereocenters. The Balaban J connectivity index is 0.00000900. The molecule has 1 aromatic rings. The Labute approximate surface area is 193 Å². The van der Waals surface area contributed by atoms with E-state index in [1.165, 1.54) is 0 Å². The summed E-state index contributed by atoms with van der Waals surface area (Å²) in [5.41, 5.74) is -2.69. The summed E-state index contributed by atoms with van der Waals surface area (Å²) in [6.45, 7) is 1.60. The number of rotatable bonds is 9. The molecule has 0 heterocycles. The van der Waals surface area contributed by atoms with E-state index in [9.17, 15) is 57.3 Å². The van der Waals surface area contributed by atoms with E-state index in [0.717, 1.165) is 0 Å². The normalized spacial score (nSPS) is 14.7. The van der Waals surface area contributed by atoms with E-state index in [4.69, 9.17) is 0 Å². The third-order valence-electron chi connectivity index (χ3n) is 4.14. The van der Waals surface area contributed by atoms with E-state index < -0.39 is 62.6 Å². The summed E-state index contributed by atoms with van der Waals surface area (Å²) < 4.78 is 151. The summed E-state index contributed by atoms with van der Waals surface area (Å²) in [5, 5.41) is -2.11. The monoisotopic (exact) mass is 496 g/mol. The summed E-state index contributed by atoms with van der Waals surface area (Å²) in [7, 11) is -5.17. The molecule has 1 rings (SSSR count). The first-order valence-electron chi connectivity index (χ1n) is 8.12. The summed E-state index contributed by atoms with van der Waals surface area (Å²) in [4.78, 5) is 12.2. The number of halogens is 9. The number of hydrogen-bond acceptors (Lipinski definition) is 4. The van der Waals surface area contributed by atoms with Crippen molar-refractivity contribution in [1.29, 1.82) is 0 Å². The van der Waals surface area contributed by atoms with E-state index in [2.05, 4.69) is 0 Å². The van der Waals surface area contributed by atoms with Crippen LogP contribution in [0.3, 0.4) is 0 Å². The molecule has 15 heteroatoms. The van der Waals surface area contributed by atoms with Gasteiger partial charge in [0.15, 0.2) is 5.78 Å². The molecule has 0 saturated heterocycles.